The zero-order valence-corrected chi connectivity index (χ0v) is 13.5. The molecule has 0 saturated carbocycles. The minimum absolute atomic E-state index is 0.00208. The first-order valence-corrected chi connectivity index (χ1v) is 7.87. The third-order valence-corrected chi connectivity index (χ3v) is 4.33. The van der Waals surface area contributed by atoms with Gasteiger partial charge in [0.05, 0.1) is 23.7 Å². The van der Waals surface area contributed by atoms with Crippen molar-refractivity contribution in [3.63, 3.8) is 0 Å². The van der Waals surface area contributed by atoms with Crippen molar-refractivity contribution in [2.45, 2.75) is 39.2 Å². The van der Waals surface area contributed by atoms with Crippen LogP contribution < -0.4 is 16.0 Å². The van der Waals surface area contributed by atoms with Gasteiger partial charge in [-0.3, -0.25) is 11.3 Å². The second-order valence-corrected chi connectivity index (χ2v) is 5.86. The van der Waals surface area contributed by atoms with Gasteiger partial charge in [-0.05, 0) is 42.9 Å². The van der Waals surface area contributed by atoms with Crippen LogP contribution >= 0.6 is 11.5 Å². The van der Waals surface area contributed by atoms with Crippen molar-refractivity contribution in [3.05, 3.63) is 39.9 Å². The van der Waals surface area contributed by atoms with Crippen molar-refractivity contribution >= 4 is 11.5 Å². The van der Waals surface area contributed by atoms with Crippen molar-refractivity contribution in [1.82, 2.24) is 15.0 Å². The fourth-order valence-electron chi connectivity index (χ4n) is 2.40. The second-order valence-electron chi connectivity index (χ2n) is 5.07. The van der Waals surface area contributed by atoms with Gasteiger partial charge in [-0.2, -0.15) is 0 Å². The van der Waals surface area contributed by atoms with Crippen LogP contribution in [0, 0.1) is 6.92 Å². The molecule has 0 bridgehead atoms. The van der Waals surface area contributed by atoms with E-state index in [1.165, 1.54) is 17.1 Å². The van der Waals surface area contributed by atoms with Gasteiger partial charge in [0.1, 0.15) is 5.75 Å². The first-order valence-electron chi connectivity index (χ1n) is 7.10. The van der Waals surface area contributed by atoms with E-state index in [1.54, 1.807) is 7.11 Å². The third-order valence-electron chi connectivity index (χ3n) is 3.45. The molecule has 2 rings (SSSR count). The number of benzene rings is 1. The van der Waals surface area contributed by atoms with Crippen LogP contribution in [0.1, 0.15) is 41.1 Å². The van der Waals surface area contributed by atoms with E-state index in [2.05, 4.69) is 34.9 Å². The van der Waals surface area contributed by atoms with Crippen molar-refractivity contribution in [1.29, 1.82) is 0 Å². The molecular weight excluding hydrogens is 284 g/mol. The van der Waals surface area contributed by atoms with E-state index >= 15 is 0 Å². The number of ether oxygens (including phenoxy) is 1. The summed E-state index contributed by atoms with van der Waals surface area (Å²) in [6.07, 6.45) is 2.72. The average Bonchev–Trinajstić information content (AvgIpc) is 2.93. The summed E-state index contributed by atoms with van der Waals surface area (Å²) in [6, 6.07) is 6.18. The summed E-state index contributed by atoms with van der Waals surface area (Å²) in [6.45, 7) is 4.21. The molecule has 0 aliphatic carbocycles. The molecule has 2 aromatic rings. The van der Waals surface area contributed by atoms with E-state index < -0.39 is 0 Å². The normalized spacial score (nSPS) is 12.4. The van der Waals surface area contributed by atoms with Crippen LogP contribution in [-0.4, -0.2) is 16.7 Å². The highest BCUT2D eigenvalue weighted by Crippen LogP contribution is 2.29. The van der Waals surface area contributed by atoms with Gasteiger partial charge in [-0.1, -0.05) is 35.5 Å². The molecule has 0 aliphatic rings. The zero-order valence-electron chi connectivity index (χ0n) is 12.7. The Hall–Kier alpha value is -1.50. The van der Waals surface area contributed by atoms with Gasteiger partial charge in [0.25, 0.3) is 0 Å². The fraction of sp³-hybridized carbons (Fsp3) is 0.467. The van der Waals surface area contributed by atoms with Crippen LogP contribution in [0.25, 0.3) is 0 Å². The number of nitrogens with two attached hydrogens (primary N) is 1. The number of hydrogen-bond donors (Lipinski definition) is 2. The minimum Gasteiger partial charge on any atom is -0.496 e. The van der Waals surface area contributed by atoms with E-state index in [0.29, 0.717) is 0 Å². The van der Waals surface area contributed by atoms with Gasteiger partial charge in [0.2, 0.25) is 0 Å². The van der Waals surface area contributed by atoms with E-state index in [9.17, 15) is 0 Å². The van der Waals surface area contributed by atoms with Crippen molar-refractivity contribution in [3.8, 4) is 5.75 Å². The number of aromatic nitrogens is 2. The molecule has 6 heteroatoms. The van der Waals surface area contributed by atoms with E-state index in [4.69, 9.17) is 10.6 Å². The molecule has 1 aromatic carbocycles. The highest BCUT2D eigenvalue weighted by Gasteiger charge is 2.20. The fourth-order valence-corrected chi connectivity index (χ4v) is 3.16. The summed E-state index contributed by atoms with van der Waals surface area (Å²) in [5, 5.41) is 4.22. The molecule has 1 atom stereocenters. The summed E-state index contributed by atoms with van der Waals surface area (Å²) >= 11 is 1.41. The van der Waals surface area contributed by atoms with Gasteiger partial charge in [0.15, 0.2) is 0 Å². The number of aryl methyl sites for hydroxylation is 2. The lowest BCUT2D eigenvalue weighted by atomic mass is 10.0. The minimum atomic E-state index is 0.00208. The van der Waals surface area contributed by atoms with Crippen LogP contribution in [0.4, 0.5) is 0 Å². The van der Waals surface area contributed by atoms with Gasteiger partial charge in [-0.15, -0.1) is 5.10 Å². The molecule has 0 saturated heterocycles. The van der Waals surface area contributed by atoms with Crippen LogP contribution in [0.2, 0.25) is 0 Å². The van der Waals surface area contributed by atoms with E-state index in [0.717, 1.165) is 41.1 Å². The maximum absolute atomic E-state index is 5.77. The third kappa shape index (κ3) is 3.78. The molecule has 114 valence electrons. The molecule has 1 aromatic heterocycles. The summed E-state index contributed by atoms with van der Waals surface area (Å²) in [5.41, 5.74) is 6.28. The first-order chi connectivity index (χ1) is 10.2. The van der Waals surface area contributed by atoms with Gasteiger partial charge in [-0.25, -0.2) is 0 Å². The van der Waals surface area contributed by atoms with Crippen molar-refractivity contribution < 1.29 is 4.74 Å². The Balaban J connectivity index is 2.26. The van der Waals surface area contributed by atoms with E-state index in [1.807, 2.05) is 12.1 Å². The van der Waals surface area contributed by atoms with Gasteiger partial charge >= 0.3 is 0 Å². The Labute approximate surface area is 129 Å². The Morgan fingerprint density at radius 3 is 2.90 bits per heavy atom. The van der Waals surface area contributed by atoms with Crippen LogP contribution in [0.15, 0.2) is 18.2 Å². The predicted octanol–water partition coefficient (Wildman–Crippen LogP) is 2.55. The van der Waals surface area contributed by atoms with Gasteiger partial charge < -0.3 is 4.74 Å². The first kappa shape index (κ1) is 15.9. The highest BCUT2D eigenvalue weighted by atomic mass is 32.1. The number of hydrazine groups is 1. The van der Waals surface area contributed by atoms with Crippen molar-refractivity contribution in [2.24, 2.45) is 5.84 Å². The Kier molecular flexibility index (Phi) is 5.67. The zero-order chi connectivity index (χ0) is 15.2. The molecule has 5 nitrogen and oxygen atoms in total. The Bertz CT molecular complexity index is 585. The number of rotatable bonds is 7. The molecule has 3 N–H and O–H groups in total. The maximum Gasteiger partial charge on any atom is 0.122 e. The molecular formula is C15H22N4OS. The topological polar surface area (TPSA) is 73.1 Å². The summed E-state index contributed by atoms with van der Waals surface area (Å²) in [4.78, 5) is 1.11. The summed E-state index contributed by atoms with van der Waals surface area (Å²) in [7, 11) is 1.69. The second kappa shape index (κ2) is 7.49. The smallest absolute Gasteiger partial charge is 0.122 e. The molecule has 0 radical (unpaired) electrons. The number of methoxy groups -OCH3 is 1. The largest absolute Gasteiger partial charge is 0.496 e. The lowest BCUT2D eigenvalue weighted by molar-refractivity contribution is 0.405. The lowest BCUT2D eigenvalue weighted by Gasteiger charge is -2.17. The monoisotopic (exact) mass is 306 g/mol. The molecule has 0 spiro atoms. The summed E-state index contributed by atoms with van der Waals surface area (Å²) in [5.74, 6) is 6.65. The molecule has 1 unspecified atom stereocenters. The highest BCUT2D eigenvalue weighted by molar-refractivity contribution is 7.05. The molecule has 0 amide bonds. The Morgan fingerprint density at radius 1 is 1.43 bits per heavy atom. The number of nitrogens with zero attached hydrogens (tertiary/aromatic N) is 2. The SMILES string of the molecule is CCCc1nnsc1C(Cc1cc(C)ccc1OC)NN. The van der Waals surface area contributed by atoms with Crippen LogP contribution in [0.3, 0.4) is 0 Å². The summed E-state index contributed by atoms with van der Waals surface area (Å²) < 4.78 is 9.52. The Morgan fingerprint density at radius 2 is 2.24 bits per heavy atom. The lowest BCUT2D eigenvalue weighted by Crippen LogP contribution is -2.29. The maximum atomic E-state index is 5.77. The predicted molar refractivity (Wildman–Crippen MR) is 85.4 cm³/mol. The molecule has 0 aliphatic heterocycles. The van der Waals surface area contributed by atoms with Crippen molar-refractivity contribution in [2.75, 3.05) is 7.11 Å². The van der Waals surface area contributed by atoms with Gasteiger partial charge in [0, 0.05) is 0 Å². The standard InChI is InChI=1S/C15H22N4OS/c1-4-5-12-15(21-19-18-12)13(17-16)9-11-8-10(2)6-7-14(11)20-3/h6-8,13,17H,4-5,9,16H2,1-3H3. The molecule has 0 fully saturated rings. The van der Waals surface area contributed by atoms with E-state index in [-0.39, 0.29) is 6.04 Å². The average molecular weight is 306 g/mol. The van der Waals surface area contributed by atoms with Crippen LogP contribution in [-0.2, 0) is 12.8 Å². The number of hydrogen-bond acceptors (Lipinski definition) is 6. The molecule has 21 heavy (non-hydrogen) atoms. The quantitative estimate of drug-likeness (QED) is 0.607. The number of nitrogens with one attached hydrogen (secondary N) is 1. The molecule has 1 heterocycles. The van der Waals surface area contributed by atoms with Crippen LogP contribution in [0.5, 0.6) is 5.75 Å².